The summed E-state index contributed by atoms with van der Waals surface area (Å²) in [5.74, 6) is -1.95. The van der Waals surface area contributed by atoms with Crippen LogP contribution in [0.5, 0.6) is 0 Å². The molecule has 2 amide bonds. The molecule has 2 heterocycles. The summed E-state index contributed by atoms with van der Waals surface area (Å²) < 4.78 is 0. The number of hydrogen-bond acceptors (Lipinski definition) is 5. The summed E-state index contributed by atoms with van der Waals surface area (Å²) in [4.78, 5) is 39.3. The van der Waals surface area contributed by atoms with E-state index in [1.165, 1.54) is 11.9 Å². The molecule has 2 aliphatic rings. The third kappa shape index (κ3) is 2.34. The molecule has 1 fully saturated rings. The van der Waals surface area contributed by atoms with Crippen molar-refractivity contribution in [3.8, 4) is 0 Å². The van der Waals surface area contributed by atoms with Crippen LogP contribution in [0.2, 0.25) is 0 Å². The number of para-hydroxylation sites is 1. The van der Waals surface area contributed by atoms with E-state index in [9.17, 15) is 14.4 Å². The molecule has 1 saturated heterocycles. The fourth-order valence-corrected chi connectivity index (χ4v) is 3.45. The Balaban J connectivity index is 1.80. The highest BCUT2D eigenvalue weighted by molar-refractivity contribution is 6.48. The average Bonchev–Trinajstić information content (AvgIpc) is 3.14. The number of nitrogens with zero attached hydrogens (tertiary/aromatic N) is 3. The monoisotopic (exact) mass is 347 g/mol. The van der Waals surface area contributed by atoms with Gasteiger partial charge in [0.05, 0.1) is 11.4 Å². The van der Waals surface area contributed by atoms with Gasteiger partial charge in [0.2, 0.25) is 5.91 Å². The van der Waals surface area contributed by atoms with Crippen LogP contribution < -0.4 is 9.91 Å². The molecule has 2 atom stereocenters. The molecular weight excluding hydrogens is 330 g/mol. The van der Waals surface area contributed by atoms with Gasteiger partial charge in [0, 0.05) is 6.92 Å². The lowest BCUT2D eigenvalue weighted by molar-refractivity contribution is -0.122. The lowest BCUT2D eigenvalue weighted by Gasteiger charge is -2.22. The zero-order chi connectivity index (χ0) is 18.4. The number of aryl methyl sites for hydroxylation is 1. The van der Waals surface area contributed by atoms with Gasteiger partial charge in [0.15, 0.2) is 5.78 Å². The summed E-state index contributed by atoms with van der Waals surface area (Å²) >= 11 is 0. The van der Waals surface area contributed by atoms with Gasteiger partial charge in [0.25, 0.3) is 5.91 Å². The van der Waals surface area contributed by atoms with Crippen LogP contribution in [0.4, 0.5) is 11.4 Å². The third-order valence-corrected chi connectivity index (χ3v) is 4.72. The van der Waals surface area contributed by atoms with E-state index in [1.54, 1.807) is 24.3 Å². The first-order valence-electron chi connectivity index (χ1n) is 8.37. The molecule has 0 bridgehead atoms. The van der Waals surface area contributed by atoms with E-state index in [-0.39, 0.29) is 17.4 Å². The average molecular weight is 347 g/mol. The van der Waals surface area contributed by atoms with E-state index in [0.29, 0.717) is 11.4 Å². The van der Waals surface area contributed by atoms with E-state index in [1.807, 2.05) is 37.3 Å². The predicted molar refractivity (Wildman–Crippen MR) is 98.0 cm³/mol. The smallest absolute Gasteiger partial charge is 0.259 e. The summed E-state index contributed by atoms with van der Waals surface area (Å²) in [7, 11) is 0. The largest absolute Gasteiger partial charge is 0.293 e. The fourth-order valence-electron chi connectivity index (χ4n) is 3.45. The first-order chi connectivity index (χ1) is 12.5. The number of ketones is 1. The molecule has 2 aliphatic heterocycles. The second-order valence-corrected chi connectivity index (χ2v) is 6.49. The number of hydrazone groups is 1. The zero-order valence-corrected chi connectivity index (χ0v) is 14.4. The number of amides is 2. The van der Waals surface area contributed by atoms with Crippen LogP contribution in [-0.4, -0.2) is 29.4 Å². The highest BCUT2D eigenvalue weighted by Crippen LogP contribution is 2.37. The predicted octanol–water partition coefficient (Wildman–Crippen LogP) is 2.32. The molecule has 0 radical (unpaired) electrons. The van der Waals surface area contributed by atoms with Gasteiger partial charge < -0.3 is 0 Å². The molecule has 2 aromatic carbocycles. The summed E-state index contributed by atoms with van der Waals surface area (Å²) in [5, 5.41) is 5.84. The lowest BCUT2D eigenvalue weighted by Crippen LogP contribution is -2.39. The summed E-state index contributed by atoms with van der Waals surface area (Å²) in [5.41, 5.74) is 2.38. The number of Topliss-reactive ketones (excluding diaryl/α,β-unsaturated/α-hetero) is 1. The second kappa shape index (κ2) is 5.91. The molecule has 6 nitrogen and oxygen atoms in total. The molecule has 6 heteroatoms. The zero-order valence-electron chi connectivity index (χ0n) is 14.4. The molecule has 0 N–H and O–H groups in total. The number of benzene rings is 2. The Kier molecular flexibility index (Phi) is 3.68. The van der Waals surface area contributed by atoms with Gasteiger partial charge in [-0.1, -0.05) is 35.9 Å². The standard InChI is InChI=1S/C20H17N3O3/c1-12-8-10-15(11-9-12)23-18-16(17(21-23)13(2)24)19(25)22(20(18)26)14-6-4-3-5-7-14/h3-11,16,18H,1-2H3/t16-,18-/m0/s1. The highest BCUT2D eigenvalue weighted by Gasteiger charge is 2.58. The van der Waals surface area contributed by atoms with E-state index < -0.39 is 17.9 Å². The number of carbonyl (C=O) groups excluding carboxylic acids is 3. The minimum atomic E-state index is -0.874. The van der Waals surface area contributed by atoms with Crippen LogP contribution in [0, 0.1) is 12.8 Å². The van der Waals surface area contributed by atoms with Crippen molar-refractivity contribution in [2.24, 2.45) is 11.0 Å². The Morgan fingerprint density at radius 2 is 1.58 bits per heavy atom. The molecule has 0 unspecified atom stereocenters. The second-order valence-electron chi connectivity index (χ2n) is 6.49. The maximum Gasteiger partial charge on any atom is 0.259 e. The first kappa shape index (κ1) is 16.2. The van der Waals surface area contributed by atoms with E-state index in [2.05, 4.69) is 5.10 Å². The van der Waals surface area contributed by atoms with Crippen LogP contribution in [-0.2, 0) is 14.4 Å². The molecule has 26 heavy (non-hydrogen) atoms. The van der Waals surface area contributed by atoms with Crippen molar-refractivity contribution in [3.63, 3.8) is 0 Å². The van der Waals surface area contributed by atoms with Gasteiger partial charge in [-0.15, -0.1) is 0 Å². The van der Waals surface area contributed by atoms with Gasteiger partial charge in [-0.3, -0.25) is 19.4 Å². The van der Waals surface area contributed by atoms with Gasteiger partial charge in [0.1, 0.15) is 17.7 Å². The summed E-state index contributed by atoms with van der Waals surface area (Å²) in [6.07, 6.45) is 0. The molecule has 0 saturated carbocycles. The SMILES string of the molecule is CC(=O)C1=NN(c2ccc(C)cc2)[C@@H]2C(=O)N(c3ccccc3)C(=O)[C@@H]12. The van der Waals surface area contributed by atoms with Crippen molar-refractivity contribution < 1.29 is 14.4 Å². The van der Waals surface area contributed by atoms with Crippen molar-refractivity contribution in [2.75, 3.05) is 9.91 Å². The molecule has 130 valence electrons. The maximum absolute atomic E-state index is 13.1. The number of carbonyl (C=O) groups is 3. The van der Waals surface area contributed by atoms with Crippen LogP contribution in [0.15, 0.2) is 59.7 Å². The molecule has 2 aromatic rings. The van der Waals surface area contributed by atoms with E-state index >= 15 is 0 Å². The van der Waals surface area contributed by atoms with Gasteiger partial charge >= 0.3 is 0 Å². The quantitative estimate of drug-likeness (QED) is 0.799. The number of imide groups is 1. The molecule has 0 aromatic heterocycles. The summed E-state index contributed by atoms with van der Waals surface area (Å²) in [6, 6.07) is 15.4. The minimum absolute atomic E-state index is 0.132. The maximum atomic E-state index is 13.1. The van der Waals surface area contributed by atoms with Crippen molar-refractivity contribution in [1.82, 2.24) is 0 Å². The topological polar surface area (TPSA) is 70.1 Å². The summed E-state index contributed by atoms with van der Waals surface area (Å²) in [6.45, 7) is 3.33. The molecule has 4 rings (SSSR count). The van der Waals surface area contributed by atoms with Crippen molar-refractivity contribution in [3.05, 3.63) is 60.2 Å². The normalized spacial score (nSPS) is 21.8. The fraction of sp³-hybridized carbons (Fsp3) is 0.200. The van der Waals surface area contributed by atoms with E-state index in [4.69, 9.17) is 0 Å². The van der Waals surface area contributed by atoms with E-state index in [0.717, 1.165) is 10.5 Å². The van der Waals surface area contributed by atoms with Crippen LogP contribution >= 0.6 is 0 Å². The van der Waals surface area contributed by atoms with Gasteiger partial charge in [-0.2, -0.15) is 5.10 Å². The van der Waals surface area contributed by atoms with Crippen LogP contribution in [0.25, 0.3) is 0 Å². The van der Waals surface area contributed by atoms with Gasteiger partial charge in [-0.05, 0) is 31.2 Å². The Morgan fingerprint density at radius 3 is 2.19 bits per heavy atom. The Morgan fingerprint density at radius 1 is 0.923 bits per heavy atom. The number of anilines is 2. The van der Waals surface area contributed by atoms with Crippen molar-refractivity contribution in [2.45, 2.75) is 19.9 Å². The highest BCUT2D eigenvalue weighted by atomic mass is 16.2. The molecular formula is C20H17N3O3. The van der Waals surface area contributed by atoms with Crippen LogP contribution in [0.3, 0.4) is 0 Å². The minimum Gasteiger partial charge on any atom is -0.293 e. The Hall–Kier alpha value is -3.28. The van der Waals surface area contributed by atoms with Crippen molar-refractivity contribution in [1.29, 1.82) is 0 Å². The van der Waals surface area contributed by atoms with Crippen LogP contribution in [0.1, 0.15) is 12.5 Å². The lowest BCUT2D eigenvalue weighted by atomic mass is 9.95. The first-order valence-corrected chi connectivity index (χ1v) is 8.37. The number of rotatable bonds is 3. The van der Waals surface area contributed by atoms with Gasteiger partial charge in [-0.25, -0.2) is 4.90 Å². The molecule has 0 aliphatic carbocycles. The van der Waals surface area contributed by atoms with Crippen molar-refractivity contribution >= 4 is 34.7 Å². The molecule has 0 spiro atoms. The number of hydrogen-bond donors (Lipinski definition) is 0. The Labute approximate surface area is 150 Å². The Bertz CT molecular complexity index is 935. The third-order valence-electron chi connectivity index (χ3n) is 4.72. The number of fused-ring (bicyclic) bond motifs is 1.